The molecule has 1 aromatic rings. The summed E-state index contributed by atoms with van der Waals surface area (Å²) in [7, 11) is 2.47. The zero-order valence-electron chi connectivity index (χ0n) is 16.1. The van der Waals surface area contributed by atoms with E-state index in [1.165, 1.54) is 41.1 Å². The van der Waals surface area contributed by atoms with E-state index >= 15 is 0 Å². The van der Waals surface area contributed by atoms with Crippen molar-refractivity contribution in [2.24, 2.45) is 0 Å². The summed E-state index contributed by atoms with van der Waals surface area (Å²) in [5.74, 6) is -2.00. The summed E-state index contributed by atoms with van der Waals surface area (Å²) >= 11 is 0. The van der Waals surface area contributed by atoms with Crippen LogP contribution in [0, 0.1) is 13.8 Å². The smallest absolute Gasteiger partial charge is 0.341 e. The Morgan fingerprint density at radius 3 is 2.30 bits per heavy atom. The van der Waals surface area contributed by atoms with E-state index in [0.717, 1.165) is 0 Å². The maximum absolute atomic E-state index is 12.8. The van der Waals surface area contributed by atoms with Crippen LogP contribution in [0.5, 0.6) is 11.5 Å². The fraction of sp³-hybridized carbons (Fsp3) is 0.474. The second-order valence-corrected chi connectivity index (χ2v) is 6.70. The van der Waals surface area contributed by atoms with Gasteiger partial charge in [0.2, 0.25) is 5.78 Å². The second-order valence-electron chi connectivity index (χ2n) is 6.70. The van der Waals surface area contributed by atoms with E-state index in [9.17, 15) is 24.9 Å². The van der Waals surface area contributed by atoms with Crippen LogP contribution in [0.1, 0.15) is 35.3 Å². The number of Topliss-reactive ketones (excluding diaryl/α,β-unsaturated/α-hetero) is 1. The number of aliphatic hydroxyl groups is 2. The molecule has 1 aliphatic carbocycles. The number of aryl methyl sites for hydroxylation is 1. The van der Waals surface area contributed by atoms with Crippen molar-refractivity contribution in [2.45, 2.75) is 45.5 Å². The quantitative estimate of drug-likeness (QED) is 0.675. The van der Waals surface area contributed by atoms with Crippen LogP contribution in [0.25, 0.3) is 0 Å². The maximum Gasteiger partial charge on any atom is 0.341 e. The number of phenols is 1. The van der Waals surface area contributed by atoms with Gasteiger partial charge in [0.25, 0.3) is 0 Å². The number of carbonyl (C=O) groups is 2. The molecule has 0 saturated carbocycles. The molecule has 8 nitrogen and oxygen atoms in total. The highest BCUT2D eigenvalue weighted by Gasteiger charge is 2.54. The molecule has 0 radical (unpaired) electrons. The van der Waals surface area contributed by atoms with Crippen molar-refractivity contribution in [1.29, 1.82) is 0 Å². The van der Waals surface area contributed by atoms with E-state index in [1.54, 1.807) is 6.92 Å². The molecule has 8 heteroatoms. The van der Waals surface area contributed by atoms with E-state index in [2.05, 4.69) is 0 Å². The lowest BCUT2D eigenvalue weighted by Crippen LogP contribution is -2.61. The van der Waals surface area contributed by atoms with E-state index in [-0.39, 0.29) is 28.2 Å². The van der Waals surface area contributed by atoms with Crippen molar-refractivity contribution < 1.29 is 39.1 Å². The number of ketones is 1. The normalized spacial score (nSPS) is 25.5. The fourth-order valence-corrected chi connectivity index (χ4v) is 3.08. The first-order valence-corrected chi connectivity index (χ1v) is 8.26. The molecule has 3 atom stereocenters. The van der Waals surface area contributed by atoms with Crippen molar-refractivity contribution in [3.63, 3.8) is 0 Å². The average molecular weight is 380 g/mol. The van der Waals surface area contributed by atoms with Crippen LogP contribution in [0.2, 0.25) is 0 Å². The molecule has 0 aromatic heterocycles. The monoisotopic (exact) mass is 380 g/mol. The Morgan fingerprint density at radius 2 is 1.78 bits per heavy atom. The number of hydrogen-bond acceptors (Lipinski definition) is 8. The van der Waals surface area contributed by atoms with Gasteiger partial charge in [0.1, 0.15) is 34.5 Å². The highest BCUT2D eigenvalue weighted by atomic mass is 16.6. The lowest BCUT2D eigenvalue weighted by Gasteiger charge is -2.42. The molecular formula is C19H24O8. The Hall–Kier alpha value is -2.58. The Morgan fingerprint density at radius 1 is 1.19 bits per heavy atom. The van der Waals surface area contributed by atoms with Crippen LogP contribution in [0.3, 0.4) is 0 Å². The molecule has 0 aliphatic heterocycles. The largest absolute Gasteiger partial charge is 0.509 e. The van der Waals surface area contributed by atoms with Gasteiger partial charge in [0, 0.05) is 18.2 Å². The third-order valence-corrected chi connectivity index (χ3v) is 5.08. The summed E-state index contributed by atoms with van der Waals surface area (Å²) in [5, 5.41) is 30.6. The van der Waals surface area contributed by atoms with Crippen molar-refractivity contribution in [3.8, 4) is 11.5 Å². The predicted octanol–water partition coefficient (Wildman–Crippen LogP) is 1.72. The SMILES string of the molecule is COC(=O)c1c(C)cc(O)c(C)c1O[C@@H]1C(=O)C(C)=C(O)[C@@H](O)[C@@]1(C)OC. The molecule has 0 bridgehead atoms. The Bertz CT molecular complexity index is 825. The molecule has 148 valence electrons. The number of benzene rings is 1. The molecule has 0 heterocycles. The zero-order valence-corrected chi connectivity index (χ0v) is 16.1. The molecule has 0 fully saturated rings. The van der Waals surface area contributed by atoms with Gasteiger partial charge in [-0.15, -0.1) is 0 Å². The van der Waals surface area contributed by atoms with Gasteiger partial charge in [-0.2, -0.15) is 0 Å². The van der Waals surface area contributed by atoms with E-state index in [0.29, 0.717) is 5.56 Å². The molecule has 0 saturated heterocycles. The summed E-state index contributed by atoms with van der Waals surface area (Å²) < 4.78 is 16.0. The van der Waals surface area contributed by atoms with Gasteiger partial charge >= 0.3 is 5.97 Å². The molecule has 0 spiro atoms. The van der Waals surface area contributed by atoms with Gasteiger partial charge in [-0.1, -0.05) is 0 Å². The number of esters is 1. The number of hydrogen-bond donors (Lipinski definition) is 3. The van der Waals surface area contributed by atoms with Crippen molar-refractivity contribution in [2.75, 3.05) is 14.2 Å². The van der Waals surface area contributed by atoms with Crippen molar-refractivity contribution in [1.82, 2.24) is 0 Å². The molecule has 27 heavy (non-hydrogen) atoms. The number of rotatable bonds is 4. The number of methoxy groups -OCH3 is 2. The molecular weight excluding hydrogens is 356 g/mol. The number of aromatic hydroxyl groups is 1. The number of carbonyl (C=O) groups excluding carboxylic acids is 2. The molecule has 2 rings (SSSR count). The number of aliphatic hydroxyl groups excluding tert-OH is 2. The summed E-state index contributed by atoms with van der Waals surface area (Å²) in [6, 6.07) is 1.39. The van der Waals surface area contributed by atoms with Crippen LogP contribution in [-0.2, 0) is 14.3 Å². The fourth-order valence-electron chi connectivity index (χ4n) is 3.08. The minimum absolute atomic E-state index is 0.0463. The summed E-state index contributed by atoms with van der Waals surface area (Å²) in [6.45, 7) is 5.87. The minimum Gasteiger partial charge on any atom is -0.509 e. The van der Waals surface area contributed by atoms with Gasteiger partial charge < -0.3 is 29.5 Å². The lowest BCUT2D eigenvalue weighted by molar-refractivity contribution is -0.165. The third-order valence-electron chi connectivity index (χ3n) is 5.08. The standard InChI is InChI=1S/C19H24O8/c1-8-7-11(20)9(2)15(12(8)18(24)25-5)27-17-14(22)10(3)13(21)16(23)19(17,4)26-6/h7,16-17,20-21,23H,1-6H3/t16-,17-,19-/m1/s1. The predicted molar refractivity (Wildman–Crippen MR) is 95.1 cm³/mol. The molecule has 0 amide bonds. The van der Waals surface area contributed by atoms with Crippen LogP contribution < -0.4 is 4.74 Å². The first kappa shape index (κ1) is 20.7. The van der Waals surface area contributed by atoms with E-state index in [1.807, 2.05) is 0 Å². The maximum atomic E-state index is 12.8. The Labute approximate surface area is 157 Å². The van der Waals surface area contributed by atoms with Crippen LogP contribution in [-0.4, -0.2) is 59.1 Å². The first-order valence-electron chi connectivity index (χ1n) is 8.26. The lowest BCUT2D eigenvalue weighted by atomic mass is 9.79. The number of phenolic OH excluding ortho intramolecular Hbond substituents is 1. The summed E-state index contributed by atoms with van der Waals surface area (Å²) in [5.41, 5.74) is -1.04. The van der Waals surface area contributed by atoms with Crippen LogP contribution >= 0.6 is 0 Å². The average Bonchev–Trinajstić information content (AvgIpc) is 2.65. The topological polar surface area (TPSA) is 123 Å². The van der Waals surface area contributed by atoms with Gasteiger partial charge in [-0.3, -0.25) is 4.79 Å². The zero-order chi connectivity index (χ0) is 20.7. The first-order chi connectivity index (χ1) is 12.5. The highest BCUT2D eigenvalue weighted by Crippen LogP contribution is 2.40. The van der Waals surface area contributed by atoms with Gasteiger partial charge in [-0.25, -0.2) is 4.79 Å². The van der Waals surface area contributed by atoms with E-state index in [4.69, 9.17) is 14.2 Å². The van der Waals surface area contributed by atoms with E-state index < -0.39 is 35.3 Å². The molecule has 3 N–H and O–H groups in total. The highest BCUT2D eigenvalue weighted by molar-refractivity contribution is 6.02. The Kier molecular flexibility index (Phi) is 5.53. The molecule has 0 unspecified atom stereocenters. The Balaban J connectivity index is 2.68. The molecule has 1 aromatic carbocycles. The third kappa shape index (κ3) is 3.15. The van der Waals surface area contributed by atoms with Gasteiger partial charge in [0.05, 0.1) is 7.11 Å². The summed E-state index contributed by atoms with van der Waals surface area (Å²) in [4.78, 5) is 25.0. The van der Waals surface area contributed by atoms with Crippen LogP contribution in [0.4, 0.5) is 0 Å². The van der Waals surface area contributed by atoms with Gasteiger partial charge in [0.15, 0.2) is 6.10 Å². The van der Waals surface area contributed by atoms with Crippen molar-refractivity contribution >= 4 is 11.8 Å². The minimum atomic E-state index is -1.63. The van der Waals surface area contributed by atoms with Gasteiger partial charge in [-0.05, 0) is 39.3 Å². The molecule has 1 aliphatic rings. The second kappa shape index (κ2) is 7.21. The number of ether oxygens (including phenoxy) is 3. The van der Waals surface area contributed by atoms with Crippen LogP contribution in [0.15, 0.2) is 17.4 Å². The van der Waals surface area contributed by atoms with Crippen molar-refractivity contribution in [3.05, 3.63) is 34.1 Å². The summed E-state index contributed by atoms with van der Waals surface area (Å²) in [6.07, 6.45) is -2.90.